The van der Waals surface area contributed by atoms with Crippen LogP contribution in [0, 0.1) is 13.8 Å². The fourth-order valence-electron chi connectivity index (χ4n) is 3.59. The average Bonchev–Trinajstić information content (AvgIpc) is 2.74. The molecule has 0 unspecified atom stereocenters. The van der Waals surface area contributed by atoms with Crippen LogP contribution in [-0.4, -0.2) is 47.1 Å². The summed E-state index contributed by atoms with van der Waals surface area (Å²) in [4.78, 5) is 25.5. The van der Waals surface area contributed by atoms with Gasteiger partial charge in [0.15, 0.2) is 0 Å². The van der Waals surface area contributed by atoms with Gasteiger partial charge in [0.25, 0.3) is 0 Å². The fraction of sp³-hybridized carbons (Fsp3) is 0.261. The van der Waals surface area contributed by atoms with E-state index < -0.39 is 0 Å². The molecule has 0 spiro atoms. The number of benzene rings is 2. The molecule has 1 aliphatic heterocycles. The van der Waals surface area contributed by atoms with E-state index in [0.29, 0.717) is 13.1 Å². The average molecular weight is 387 g/mol. The van der Waals surface area contributed by atoms with Gasteiger partial charge in [-0.05, 0) is 37.1 Å². The molecule has 6 heteroatoms. The third-order valence-electron chi connectivity index (χ3n) is 5.23. The van der Waals surface area contributed by atoms with E-state index in [9.17, 15) is 4.79 Å². The van der Waals surface area contributed by atoms with Gasteiger partial charge in [0.1, 0.15) is 12.1 Å². The highest BCUT2D eigenvalue weighted by atomic mass is 16.2. The number of anilines is 2. The van der Waals surface area contributed by atoms with Crippen molar-refractivity contribution in [1.82, 2.24) is 14.9 Å². The minimum absolute atomic E-state index is 0.0569. The van der Waals surface area contributed by atoms with Gasteiger partial charge in [0, 0.05) is 43.5 Å². The highest BCUT2D eigenvalue weighted by molar-refractivity contribution is 5.89. The first-order chi connectivity index (χ1) is 14.1. The van der Waals surface area contributed by atoms with Crippen LogP contribution < -0.4 is 10.2 Å². The number of nitrogens with zero attached hydrogens (tertiary/aromatic N) is 4. The zero-order valence-corrected chi connectivity index (χ0v) is 16.8. The standard InChI is InChI=1S/C23H25N5O/c1-17-6-5-8-19(14-17)26-23(29)28-12-10-27(11-13-28)22-15-21(24-16-25-22)20-9-4-3-7-18(20)2/h3-9,14-16H,10-13H2,1-2H3,(H,26,29). The van der Waals surface area contributed by atoms with Crippen molar-refractivity contribution in [3.8, 4) is 11.3 Å². The number of nitrogens with one attached hydrogen (secondary N) is 1. The molecule has 2 aromatic carbocycles. The van der Waals surface area contributed by atoms with Crippen molar-refractivity contribution in [3.05, 3.63) is 72.1 Å². The summed E-state index contributed by atoms with van der Waals surface area (Å²) in [5, 5.41) is 2.99. The van der Waals surface area contributed by atoms with Crippen molar-refractivity contribution >= 4 is 17.5 Å². The Labute approximate surface area is 171 Å². The fourth-order valence-corrected chi connectivity index (χ4v) is 3.59. The minimum atomic E-state index is -0.0569. The minimum Gasteiger partial charge on any atom is -0.353 e. The van der Waals surface area contributed by atoms with E-state index >= 15 is 0 Å². The van der Waals surface area contributed by atoms with Crippen LogP contribution in [-0.2, 0) is 0 Å². The molecule has 0 radical (unpaired) electrons. The quantitative estimate of drug-likeness (QED) is 0.735. The molecule has 0 saturated carbocycles. The van der Waals surface area contributed by atoms with Crippen molar-refractivity contribution in [2.24, 2.45) is 0 Å². The highest BCUT2D eigenvalue weighted by Crippen LogP contribution is 2.24. The number of rotatable bonds is 3. The second-order valence-corrected chi connectivity index (χ2v) is 7.35. The van der Waals surface area contributed by atoms with Crippen molar-refractivity contribution in [1.29, 1.82) is 0 Å². The Morgan fingerprint density at radius 2 is 1.72 bits per heavy atom. The number of hydrogen-bond donors (Lipinski definition) is 1. The summed E-state index contributed by atoms with van der Waals surface area (Å²) in [6.45, 7) is 6.89. The molecule has 3 aromatic rings. The van der Waals surface area contributed by atoms with E-state index in [4.69, 9.17) is 0 Å². The van der Waals surface area contributed by atoms with Crippen LogP contribution in [0.2, 0.25) is 0 Å². The molecule has 2 amide bonds. The van der Waals surface area contributed by atoms with Gasteiger partial charge in [-0.15, -0.1) is 0 Å². The van der Waals surface area contributed by atoms with Crippen molar-refractivity contribution in [3.63, 3.8) is 0 Å². The lowest BCUT2D eigenvalue weighted by Gasteiger charge is -2.35. The Morgan fingerprint density at radius 1 is 0.931 bits per heavy atom. The largest absolute Gasteiger partial charge is 0.353 e. The SMILES string of the molecule is Cc1cccc(NC(=O)N2CCN(c3cc(-c4ccccc4C)ncn3)CC2)c1. The molecule has 0 aliphatic carbocycles. The summed E-state index contributed by atoms with van der Waals surface area (Å²) in [5.74, 6) is 0.900. The molecule has 148 valence electrons. The maximum atomic E-state index is 12.6. The van der Waals surface area contributed by atoms with Gasteiger partial charge in [-0.3, -0.25) is 0 Å². The first kappa shape index (κ1) is 18.9. The molecule has 1 fully saturated rings. The normalized spacial score (nSPS) is 14.0. The van der Waals surface area contributed by atoms with Crippen LogP contribution in [0.4, 0.5) is 16.3 Å². The van der Waals surface area contributed by atoms with Crippen LogP contribution in [0.3, 0.4) is 0 Å². The molecule has 29 heavy (non-hydrogen) atoms. The zero-order chi connectivity index (χ0) is 20.2. The zero-order valence-electron chi connectivity index (χ0n) is 16.8. The Hall–Kier alpha value is -3.41. The van der Waals surface area contributed by atoms with Gasteiger partial charge in [0.05, 0.1) is 5.69 Å². The molecular formula is C23H25N5O. The molecular weight excluding hydrogens is 362 g/mol. The molecule has 1 N–H and O–H groups in total. The van der Waals surface area contributed by atoms with Gasteiger partial charge < -0.3 is 15.1 Å². The number of hydrogen-bond acceptors (Lipinski definition) is 4. The number of aromatic nitrogens is 2. The molecule has 4 rings (SSSR count). The van der Waals surface area contributed by atoms with E-state index in [1.807, 2.05) is 54.3 Å². The Bertz CT molecular complexity index is 1010. The van der Waals surface area contributed by atoms with Crippen LogP contribution in [0.15, 0.2) is 60.9 Å². The number of urea groups is 1. The second kappa shape index (κ2) is 8.31. The van der Waals surface area contributed by atoms with E-state index in [0.717, 1.165) is 41.4 Å². The number of amides is 2. The van der Waals surface area contributed by atoms with Crippen LogP contribution >= 0.6 is 0 Å². The smallest absolute Gasteiger partial charge is 0.321 e. The molecule has 2 heterocycles. The lowest BCUT2D eigenvalue weighted by molar-refractivity contribution is 0.208. The lowest BCUT2D eigenvalue weighted by Crippen LogP contribution is -2.50. The van der Waals surface area contributed by atoms with Crippen LogP contribution in [0.1, 0.15) is 11.1 Å². The summed E-state index contributed by atoms with van der Waals surface area (Å²) in [6, 6.07) is 18.0. The van der Waals surface area contributed by atoms with Gasteiger partial charge in [-0.25, -0.2) is 14.8 Å². The van der Waals surface area contributed by atoms with Crippen molar-refractivity contribution < 1.29 is 4.79 Å². The third-order valence-corrected chi connectivity index (χ3v) is 5.23. The predicted octanol–water partition coefficient (Wildman–Crippen LogP) is 4.11. The number of carbonyl (C=O) groups is 1. The van der Waals surface area contributed by atoms with Gasteiger partial charge in [0.2, 0.25) is 0 Å². The number of piperazine rings is 1. The topological polar surface area (TPSA) is 61.4 Å². The Kier molecular flexibility index (Phi) is 5.42. The predicted molar refractivity (Wildman–Crippen MR) is 116 cm³/mol. The van der Waals surface area contributed by atoms with Crippen LogP contribution in [0.5, 0.6) is 0 Å². The summed E-state index contributed by atoms with van der Waals surface area (Å²) in [7, 11) is 0. The van der Waals surface area contributed by atoms with Crippen LogP contribution in [0.25, 0.3) is 11.3 Å². The molecule has 1 aromatic heterocycles. The monoisotopic (exact) mass is 387 g/mol. The summed E-state index contributed by atoms with van der Waals surface area (Å²) >= 11 is 0. The van der Waals surface area contributed by atoms with Gasteiger partial charge >= 0.3 is 6.03 Å². The molecule has 0 bridgehead atoms. The molecule has 1 saturated heterocycles. The van der Waals surface area contributed by atoms with Crippen molar-refractivity contribution in [2.75, 3.05) is 36.4 Å². The highest BCUT2D eigenvalue weighted by Gasteiger charge is 2.22. The summed E-state index contributed by atoms with van der Waals surface area (Å²) in [5.41, 5.74) is 5.19. The molecule has 1 aliphatic rings. The van der Waals surface area contributed by atoms with E-state index in [2.05, 4.69) is 39.2 Å². The molecule has 0 atom stereocenters. The van der Waals surface area contributed by atoms with Gasteiger partial charge in [-0.1, -0.05) is 36.4 Å². The Balaban J connectivity index is 1.40. The van der Waals surface area contributed by atoms with Crippen molar-refractivity contribution in [2.45, 2.75) is 13.8 Å². The number of carbonyl (C=O) groups excluding carboxylic acids is 1. The third kappa shape index (κ3) is 4.37. The van der Waals surface area contributed by atoms with E-state index in [-0.39, 0.29) is 6.03 Å². The van der Waals surface area contributed by atoms with E-state index in [1.165, 1.54) is 5.56 Å². The maximum Gasteiger partial charge on any atom is 0.321 e. The summed E-state index contributed by atoms with van der Waals surface area (Å²) in [6.07, 6.45) is 1.62. The molecule has 6 nitrogen and oxygen atoms in total. The summed E-state index contributed by atoms with van der Waals surface area (Å²) < 4.78 is 0. The Morgan fingerprint density at radius 3 is 2.48 bits per heavy atom. The van der Waals surface area contributed by atoms with E-state index in [1.54, 1.807) is 6.33 Å². The first-order valence-corrected chi connectivity index (χ1v) is 9.86. The second-order valence-electron chi connectivity index (χ2n) is 7.35. The lowest BCUT2D eigenvalue weighted by atomic mass is 10.1. The first-order valence-electron chi connectivity index (χ1n) is 9.86. The maximum absolute atomic E-state index is 12.6. The number of aryl methyl sites for hydroxylation is 2. The van der Waals surface area contributed by atoms with Gasteiger partial charge in [-0.2, -0.15) is 0 Å².